The van der Waals surface area contributed by atoms with Crippen LogP contribution in [0.4, 0.5) is 17.7 Å². The van der Waals surface area contributed by atoms with Crippen LogP contribution in [-0.4, -0.2) is 44.0 Å². The zero-order valence-corrected chi connectivity index (χ0v) is 21.5. The summed E-state index contributed by atoms with van der Waals surface area (Å²) in [5.74, 6) is 1.26. The van der Waals surface area contributed by atoms with Crippen molar-refractivity contribution in [2.45, 2.75) is 26.4 Å². The number of carbonyl (C=O) groups is 1. The second-order valence-electron chi connectivity index (χ2n) is 8.84. The number of nitrogens with two attached hydrogens (primary N) is 2. The minimum absolute atomic E-state index is 0.0257. The molecule has 0 aliphatic rings. The van der Waals surface area contributed by atoms with Crippen LogP contribution in [0, 0.1) is 0 Å². The first-order valence-electron chi connectivity index (χ1n) is 12.6. The number of carbonyl (C=O) groups excluding carboxylic acids is 1. The lowest BCUT2D eigenvalue weighted by Gasteiger charge is -2.25. The number of hydrogen-bond acceptors (Lipinski definition) is 10. The summed E-state index contributed by atoms with van der Waals surface area (Å²) in [5.41, 5.74) is 13.9. The topological polar surface area (TPSA) is 158 Å². The van der Waals surface area contributed by atoms with E-state index in [1.807, 2.05) is 54.3 Å². The van der Waals surface area contributed by atoms with Gasteiger partial charge in [0.2, 0.25) is 17.8 Å². The van der Waals surface area contributed by atoms with Crippen molar-refractivity contribution >= 4 is 45.4 Å². The molecule has 5 rings (SSSR count). The van der Waals surface area contributed by atoms with Crippen LogP contribution in [0.3, 0.4) is 0 Å². The largest absolute Gasteiger partial charge is 0.494 e. The quantitative estimate of drug-likeness (QED) is 0.248. The number of hydrogen-bond donors (Lipinski definition) is 3. The van der Waals surface area contributed by atoms with Gasteiger partial charge in [0.25, 0.3) is 0 Å². The highest BCUT2D eigenvalue weighted by molar-refractivity contribution is 5.88. The van der Waals surface area contributed by atoms with Gasteiger partial charge in [-0.2, -0.15) is 15.0 Å². The molecule has 0 aliphatic heterocycles. The van der Waals surface area contributed by atoms with Gasteiger partial charge in [-0.05, 0) is 35.9 Å². The molecule has 0 saturated carbocycles. The molecule has 0 spiro atoms. The van der Waals surface area contributed by atoms with Gasteiger partial charge < -0.3 is 26.4 Å². The molecule has 2 aromatic carbocycles. The van der Waals surface area contributed by atoms with Crippen molar-refractivity contribution in [1.29, 1.82) is 0 Å². The second-order valence-corrected chi connectivity index (χ2v) is 8.84. The van der Waals surface area contributed by atoms with Gasteiger partial charge in [-0.25, -0.2) is 4.98 Å². The minimum Gasteiger partial charge on any atom is -0.494 e. The summed E-state index contributed by atoms with van der Waals surface area (Å²) in [4.78, 5) is 36.4. The van der Waals surface area contributed by atoms with Crippen molar-refractivity contribution in [2.24, 2.45) is 0 Å². The predicted molar refractivity (Wildman–Crippen MR) is 151 cm³/mol. The lowest BCUT2D eigenvalue weighted by molar-refractivity contribution is -0.121. The highest BCUT2D eigenvalue weighted by atomic mass is 16.5. The Kier molecular flexibility index (Phi) is 7.58. The maximum Gasteiger partial charge on any atom is 0.227 e. The van der Waals surface area contributed by atoms with Gasteiger partial charge in [0, 0.05) is 30.9 Å². The second kappa shape index (κ2) is 11.5. The average Bonchev–Trinajstić information content (AvgIpc) is 2.95. The van der Waals surface area contributed by atoms with Crippen LogP contribution < -0.4 is 26.4 Å². The maximum absolute atomic E-state index is 12.8. The van der Waals surface area contributed by atoms with Gasteiger partial charge in [0.15, 0.2) is 5.65 Å². The first-order chi connectivity index (χ1) is 19.0. The van der Waals surface area contributed by atoms with E-state index in [-0.39, 0.29) is 24.1 Å². The van der Waals surface area contributed by atoms with Gasteiger partial charge in [-0.1, -0.05) is 36.4 Å². The Labute approximate surface area is 225 Å². The number of nitrogen functional groups attached to an aromatic ring is 2. The van der Waals surface area contributed by atoms with Gasteiger partial charge >= 0.3 is 0 Å². The van der Waals surface area contributed by atoms with Crippen LogP contribution in [0.1, 0.15) is 24.6 Å². The average molecular weight is 524 g/mol. The summed E-state index contributed by atoms with van der Waals surface area (Å²) in [7, 11) is 0. The molecule has 39 heavy (non-hydrogen) atoms. The van der Waals surface area contributed by atoms with Crippen LogP contribution in [-0.2, 0) is 17.9 Å². The molecule has 0 atom stereocenters. The molecular formula is C28H29N9O2. The zero-order chi connectivity index (χ0) is 27.2. The fourth-order valence-electron chi connectivity index (χ4n) is 4.33. The predicted octanol–water partition coefficient (Wildman–Crippen LogP) is 3.24. The van der Waals surface area contributed by atoms with Crippen molar-refractivity contribution in [3.8, 4) is 5.75 Å². The Hall–Kier alpha value is -5.06. The minimum atomic E-state index is -0.120. The Morgan fingerprint density at radius 2 is 1.82 bits per heavy atom. The smallest absolute Gasteiger partial charge is 0.227 e. The molecule has 1 amide bonds. The molecular weight excluding hydrogens is 494 g/mol. The van der Waals surface area contributed by atoms with Crippen LogP contribution >= 0.6 is 0 Å². The van der Waals surface area contributed by atoms with E-state index in [9.17, 15) is 4.79 Å². The van der Waals surface area contributed by atoms with E-state index in [1.54, 1.807) is 12.4 Å². The van der Waals surface area contributed by atoms with Crippen molar-refractivity contribution < 1.29 is 9.53 Å². The van der Waals surface area contributed by atoms with Crippen molar-refractivity contribution in [3.63, 3.8) is 0 Å². The summed E-state index contributed by atoms with van der Waals surface area (Å²) in [5, 5.41) is 5.56. The van der Waals surface area contributed by atoms with E-state index in [0.29, 0.717) is 43.2 Å². The number of anilines is 3. The number of fused-ring (bicyclic) bond motifs is 2. The van der Waals surface area contributed by atoms with Gasteiger partial charge in [0.1, 0.15) is 11.6 Å². The molecule has 11 heteroatoms. The zero-order valence-electron chi connectivity index (χ0n) is 21.5. The fourth-order valence-corrected chi connectivity index (χ4v) is 4.33. The molecule has 198 valence electrons. The number of aromatic nitrogens is 5. The fraction of sp³-hybridized carbons (Fsp3) is 0.214. The molecule has 11 nitrogen and oxygen atoms in total. The van der Waals surface area contributed by atoms with E-state index in [2.05, 4.69) is 42.4 Å². The highest BCUT2D eigenvalue weighted by Gasteiger charge is 2.19. The molecule has 0 unspecified atom stereocenters. The van der Waals surface area contributed by atoms with E-state index in [0.717, 1.165) is 27.8 Å². The van der Waals surface area contributed by atoms with E-state index >= 15 is 0 Å². The number of nitrogens with one attached hydrogen (secondary N) is 1. The molecule has 0 aliphatic carbocycles. The summed E-state index contributed by atoms with van der Waals surface area (Å²) in [6.07, 6.45) is 3.48. The van der Waals surface area contributed by atoms with E-state index in [1.165, 1.54) is 0 Å². The first-order valence-corrected chi connectivity index (χ1v) is 12.6. The molecule has 3 heterocycles. The van der Waals surface area contributed by atoms with Gasteiger partial charge in [0.05, 0.1) is 30.8 Å². The number of pyridine rings is 1. The van der Waals surface area contributed by atoms with Crippen molar-refractivity contribution in [1.82, 2.24) is 30.2 Å². The molecule has 0 saturated heterocycles. The highest BCUT2D eigenvalue weighted by Crippen LogP contribution is 2.31. The number of amides is 1. The Morgan fingerprint density at radius 3 is 2.64 bits per heavy atom. The normalized spacial score (nSPS) is 11.0. The van der Waals surface area contributed by atoms with Crippen molar-refractivity contribution in [2.75, 3.05) is 29.5 Å². The third-order valence-corrected chi connectivity index (χ3v) is 6.22. The number of nitrogens with zero attached hydrogens (tertiary/aromatic N) is 6. The van der Waals surface area contributed by atoms with Crippen LogP contribution in [0.5, 0.6) is 5.75 Å². The molecule has 5 aromatic rings. The monoisotopic (exact) mass is 523 g/mol. The number of ether oxygens (including phenoxy) is 1. The van der Waals surface area contributed by atoms with Crippen molar-refractivity contribution in [3.05, 3.63) is 78.2 Å². The number of rotatable bonds is 10. The van der Waals surface area contributed by atoms with Gasteiger partial charge in [-0.3, -0.25) is 9.78 Å². The summed E-state index contributed by atoms with van der Waals surface area (Å²) < 4.78 is 5.99. The van der Waals surface area contributed by atoms with E-state index in [4.69, 9.17) is 16.2 Å². The first kappa shape index (κ1) is 25.6. The van der Waals surface area contributed by atoms with Crippen LogP contribution in [0.2, 0.25) is 0 Å². The maximum atomic E-state index is 12.8. The molecule has 0 fully saturated rings. The SMILES string of the molecule is CCOc1ccc2ccccc2c1CN(CCC(=O)NCc1ccccn1)c1ncc2c(N)nc(N)nc2n1. The van der Waals surface area contributed by atoms with Crippen LogP contribution in [0.25, 0.3) is 21.8 Å². The summed E-state index contributed by atoms with van der Waals surface area (Å²) >= 11 is 0. The van der Waals surface area contributed by atoms with Gasteiger partial charge in [-0.15, -0.1) is 0 Å². The third kappa shape index (κ3) is 5.93. The molecule has 5 N–H and O–H groups in total. The summed E-state index contributed by atoms with van der Waals surface area (Å²) in [6.45, 7) is 3.54. The molecule has 3 aromatic heterocycles. The Morgan fingerprint density at radius 1 is 0.974 bits per heavy atom. The Balaban J connectivity index is 1.47. The lowest BCUT2D eigenvalue weighted by atomic mass is 10.0. The Bertz CT molecular complexity index is 1610. The number of benzene rings is 2. The lowest BCUT2D eigenvalue weighted by Crippen LogP contribution is -2.32. The molecule has 0 radical (unpaired) electrons. The van der Waals surface area contributed by atoms with E-state index < -0.39 is 0 Å². The summed E-state index contributed by atoms with van der Waals surface area (Å²) in [6, 6.07) is 17.7. The van der Waals surface area contributed by atoms with Crippen LogP contribution in [0.15, 0.2) is 67.0 Å². The standard InChI is InChI=1S/C28H29N9O2/c1-2-39-23-11-10-18-7-3-4-9-20(18)22(23)17-37(14-12-24(38)32-15-19-8-5-6-13-31-19)28-33-16-21-25(29)34-27(30)35-26(21)36-28/h3-11,13,16H,2,12,14-15,17H2,1H3,(H,32,38)(H4,29,30,33,34,35,36). The third-order valence-electron chi connectivity index (χ3n) is 6.22. The molecule has 0 bridgehead atoms.